The average Bonchev–Trinajstić information content (AvgIpc) is 2.47. The minimum atomic E-state index is -0.175. The zero-order chi connectivity index (χ0) is 14.4. The predicted octanol–water partition coefficient (Wildman–Crippen LogP) is 2.40. The van der Waals surface area contributed by atoms with E-state index in [1.54, 1.807) is 12.1 Å². The topological polar surface area (TPSA) is 35.5 Å². The van der Waals surface area contributed by atoms with E-state index >= 15 is 0 Å². The second-order valence-electron chi connectivity index (χ2n) is 5.62. The number of nitrogens with zero attached hydrogens (tertiary/aromatic N) is 1. The number of rotatable bonds is 6. The predicted molar refractivity (Wildman–Crippen MR) is 80.5 cm³/mol. The first kappa shape index (κ1) is 15.3. The number of piperidine rings is 1. The van der Waals surface area contributed by atoms with Gasteiger partial charge in [0.1, 0.15) is 5.82 Å². The summed E-state index contributed by atoms with van der Waals surface area (Å²) in [4.78, 5) is 2.28. The molecule has 2 unspecified atom stereocenters. The molecule has 0 aromatic heterocycles. The van der Waals surface area contributed by atoms with Crippen molar-refractivity contribution in [2.45, 2.75) is 32.2 Å². The van der Waals surface area contributed by atoms with Crippen LogP contribution in [0, 0.1) is 11.7 Å². The fraction of sp³-hybridized carbons (Fsp3) is 0.625. The molecule has 20 heavy (non-hydrogen) atoms. The van der Waals surface area contributed by atoms with Gasteiger partial charge in [0.05, 0.1) is 0 Å². The molecule has 0 bridgehead atoms. The second kappa shape index (κ2) is 7.60. The number of hydrogen-bond acceptors (Lipinski definition) is 3. The van der Waals surface area contributed by atoms with Crippen molar-refractivity contribution in [3.05, 3.63) is 30.1 Å². The number of aliphatic hydroxyl groups excluding tert-OH is 1. The Bertz CT molecular complexity index is 413. The Kier molecular flexibility index (Phi) is 5.80. The molecule has 1 aliphatic rings. The monoisotopic (exact) mass is 280 g/mol. The molecular weight excluding hydrogens is 255 g/mol. The molecule has 0 spiro atoms. The van der Waals surface area contributed by atoms with Crippen molar-refractivity contribution < 1.29 is 9.50 Å². The molecule has 0 aliphatic carbocycles. The molecule has 1 aromatic rings. The van der Waals surface area contributed by atoms with Crippen LogP contribution in [0.4, 0.5) is 10.1 Å². The zero-order valence-electron chi connectivity index (χ0n) is 12.2. The summed E-state index contributed by atoms with van der Waals surface area (Å²) in [5.41, 5.74) is 0.970. The molecule has 2 rings (SSSR count). The molecule has 4 heteroatoms. The van der Waals surface area contributed by atoms with Crippen molar-refractivity contribution >= 4 is 5.69 Å². The molecule has 1 fully saturated rings. The van der Waals surface area contributed by atoms with Gasteiger partial charge in [-0.15, -0.1) is 0 Å². The van der Waals surface area contributed by atoms with Crippen LogP contribution in [0.15, 0.2) is 24.3 Å². The van der Waals surface area contributed by atoms with E-state index in [1.807, 2.05) is 6.07 Å². The van der Waals surface area contributed by atoms with Crippen LogP contribution in [-0.4, -0.2) is 37.4 Å². The average molecular weight is 280 g/mol. The first-order valence-corrected chi connectivity index (χ1v) is 7.57. The number of nitrogens with one attached hydrogen (secondary N) is 1. The van der Waals surface area contributed by atoms with Gasteiger partial charge in [-0.2, -0.15) is 0 Å². The third kappa shape index (κ3) is 4.18. The number of halogens is 1. The van der Waals surface area contributed by atoms with Gasteiger partial charge in [0, 0.05) is 31.4 Å². The Hall–Kier alpha value is -1.13. The minimum Gasteiger partial charge on any atom is -0.396 e. The summed E-state index contributed by atoms with van der Waals surface area (Å²) < 4.78 is 13.4. The van der Waals surface area contributed by atoms with Crippen molar-refractivity contribution in [3.63, 3.8) is 0 Å². The Labute approximate surface area is 120 Å². The maximum Gasteiger partial charge on any atom is 0.125 e. The molecule has 1 saturated heterocycles. The Balaban J connectivity index is 2.01. The quantitative estimate of drug-likeness (QED) is 0.786. The standard InChI is InChI=1S/C16H25FN2O/c1-2-13-9-15(18-7-4-8-20)12-19(11-13)16-6-3-5-14(17)10-16/h3,5-6,10,13,15,18,20H,2,4,7-9,11-12H2,1H3. The molecular formula is C16H25FN2O. The van der Waals surface area contributed by atoms with Crippen LogP contribution >= 0.6 is 0 Å². The van der Waals surface area contributed by atoms with Gasteiger partial charge in [0.25, 0.3) is 0 Å². The van der Waals surface area contributed by atoms with Crippen molar-refractivity contribution in [2.24, 2.45) is 5.92 Å². The highest BCUT2D eigenvalue weighted by Gasteiger charge is 2.26. The molecule has 2 atom stereocenters. The van der Waals surface area contributed by atoms with E-state index in [2.05, 4.69) is 17.1 Å². The Morgan fingerprint density at radius 2 is 2.25 bits per heavy atom. The molecule has 1 aliphatic heterocycles. The van der Waals surface area contributed by atoms with Crippen LogP contribution < -0.4 is 10.2 Å². The smallest absolute Gasteiger partial charge is 0.125 e. The van der Waals surface area contributed by atoms with E-state index in [4.69, 9.17) is 5.11 Å². The third-order valence-electron chi connectivity index (χ3n) is 4.06. The fourth-order valence-electron chi connectivity index (χ4n) is 2.92. The minimum absolute atomic E-state index is 0.175. The second-order valence-corrected chi connectivity index (χ2v) is 5.62. The van der Waals surface area contributed by atoms with Gasteiger partial charge >= 0.3 is 0 Å². The van der Waals surface area contributed by atoms with Gasteiger partial charge in [-0.25, -0.2) is 4.39 Å². The highest BCUT2D eigenvalue weighted by atomic mass is 19.1. The highest BCUT2D eigenvalue weighted by Crippen LogP contribution is 2.25. The summed E-state index contributed by atoms with van der Waals surface area (Å²) in [6, 6.07) is 7.27. The normalized spacial score (nSPS) is 23.1. The summed E-state index contributed by atoms with van der Waals surface area (Å²) in [7, 11) is 0. The molecule has 1 aromatic carbocycles. The zero-order valence-corrected chi connectivity index (χ0v) is 12.2. The molecule has 0 amide bonds. The molecule has 3 nitrogen and oxygen atoms in total. The number of anilines is 1. The largest absolute Gasteiger partial charge is 0.396 e. The van der Waals surface area contributed by atoms with Crippen LogP contribution in [0.2, 0.25) is 0 Å². The van der Waals surface area contributed by atoms with Crippen LogP contribution in [0.25, 0.3) is 0 Å². The molecule has 112 valence electrons. The SMILES string of the molecule is CCC1CC(NCCCO)CN(c2cccc(F)c2)C1. The number of aliphatic hydroxyl groups is 1. The lowest BCUT2D eigenvalue weighted by atomic mass is 9.91. The molecule has 0 saturated carbocycles. The highest BCUT2D eigenvalue weighted by molar-refractivity contribution is 5.47. The van der Waals surface area contributed by atoms with Gasteiger partial charge in [0.15, 0.2) is 0 Å². The molecule has 1 heterocycles. The van der Waals surface area contributed by atoms with E-state index in [1.165, 1.54) is 6.07 Å². The van der Waals surface area contributed by atoms with E-state index in [0.717, 1.165) is 44.6 Å². The van der Waals surface area contributed by atoms with Crippen LogP contribution in [0.1, 0.15) is 26.2 Å². The van der Waals surface area contributed by atoms with Gasteiger partial charge < -0.3 is 15.3 Å². The van der Waals surface area contributed by atoms with Crippen LogP contribution in [0.3, 0.4) is 0 Å². The molecule has 2 N–H and O–H groups in total. The summed E-state index contributed by atoms with van der Waals surface area (Å²) in [6.45, 7) is 5.19. The summed E-state index contributed by atoms with van der Waals surface area (Å²) in [5, 5.41) is 12.4. The van der Waals surface area contributed by atoms with E-state index in [0.29, 0.717) is 12.0 Å². The van der Waals surface area contributed by atoms with Gasteiger partial charge in [-0.3, -0.25) is 0 Å². The van der Waals surface area contributed by atoms with E-state index < -0.39 is 0 Å². The van der Waals surface area contributed by atoms with E-state index in [-0.39, 0.29) is 12.4 Å². The molecule has 0 radical (unpaired) electrons. The van der Waals surface area contributed by atoms with Crippen molar-refractivity contribution in [1.82, 2.24) is 5.32 Å². The van der Waals surface area contributed by atoms with Crippen LogP contribution in [0.5, 0.6) is 0 Å². The lowest BCUT2D eigenvalue weighted by Crippen LogP contribution is -2.49. The lowest BCUT2D eigenvalue weighted by Gasteiger charge is -2.39. The summed E-state index contributed by atoms with van der Waals surface area (Å²) in [6.07, 6.45) is 3.09. The summed E-state index contributed by atoms with van der Waals surface area (Å²) in [5.74, 6) is 0.463. The van der Waals surface area contributed by atoms with Gasteiger partial charge in [-0.05, 0) is 43.5 Å². The lowest BCUT2D eigenvalue weighted by molar-refractivity contribution is 0.273. The van der Waals surface area contributed by atoms with Crippen molar-refractivity contribution in [2.75, 3.05) is 31.1 Å². The Morgan fingerprint density at radius 3 is 2.95 bits per heavy atom. The van der Waals surface area contributed by atoms with Crippen molar-refractivity contribution in [3.8, 4) is 0 Å². The van der Waals surface area contributed by atoms with Crippen molar-refractivity contribution in [1.29, 1.82) is 0 Å². The third-order valence-corrected chi connectivity index (χ3v) is 4.06. The number of benzene rings is 1. The first-order valence-electron chi connectivity index (χ1n) is 7.57. The first-order chi connectivity index (χ1) is 9.72. The van der Waals surface area contributed by atoms with E-state index in [9.17, 15) is 4.39 Å². The summed E-state index contributed by atoms with van der Waals surface area (Å²) >= 11 is 0. The maximum atomic E-state index is 13.4. The van der Waals surface area contributed by atoms with Gasteiger partial charge in [0.2, 0.25) is 0 Å². The maximum absolute atomic E-state index is 13.4. The Morgan fingerprint density at radius 1 is 1.40 bits per heavy atom. The van der Waals surface area contributed by atoms with Crippen LogP contribution in [-0.2, 0) is 0 Å². The fourth-order valence-corrected chi connectivity index (χ4v) is 2.92. The van der Waals surface area contributed by atoms with Gasteiger partial charge in [-0.1, -0.05) is 19.4 Å². The number of hydrogen-bond donors (Lipinski definition) is 2.